The van der Waals surface area contributed by atoms with Gasteiger partial charge in [-0.2, -0.15) is 13.2 Å². The molecule has 0 amide bonds. The van der Waals surface area contributed by atoms with E-state index in [2.05, 4.69) is 14.7 Å². The first-order valence-electron chi connectivity index (χ1n) is 3.63. The summed E-state index contributed by atoms with van der Waals surface area (Å²) in [4.78, 5) is 16.1. The zero-order valence-electron chi connectivity index (χ0n) is 7.13. The SMILES string of the molecule is CC(=O)OC(c1cnc[nH]1)C(F)(F)F. The molecule has 0 radical (unpaired) electrons. The highest BCUT2D eigenvalue weighted by molar-refractivity contribution is 5.66. The third kappa shape index (κ3) is 2.48. The lowest BCUT2D eigenvalue weighted by molar-refractivity contribution is -0.223. The van der Waals surface area contributed by atoms with Crippen molar-refractivity contribution in [2.24, 2.45) is 0 Å². The Balaban J connectivity index is 2.89. The molecule has 0 aliphatic heterocycles. The maximum atomic E-state index is 12.3. The summed E-state index contributed by atoms with van der Waals surface area (Å²) in [7, 11) is 0. The lowest BCUT2D eigenvalue weighted by Crippen LogP contribution is -2.25. The highest BCUT2D eigenvalue weighted by Crippen LogP contribution is 2.34. The van der Waals surface area contributed by atoms with Crippen molar-refractivity contribution >= 4 is 5.97 Å². The Morgan fingerprint density at radius 1 is 1.64 bits per heavy atom. The summed E-state index contributed by atoms with van der Waals surface area (Å²) in [6, 6.07) is 0. The van der Waals surface area contributed by atoms with Gasteiger partial charge in [0, 0.05) is 6.92 Å². The van der Waals surface area contributed by atoms with E-state index in [9.17, 15) is 18.0 Å². The second-order valence-electron chi connectivity index (χ2n) is 2.54. The predicted octanol–water partition coefficient (Wildman–Crippen LogP) is 1.58. The van der Waals surface area contributed by atoms with Crippen molar-refractivity contribution in [3.63, 3.8) is 0 Å². The number of carbonyl (C=O) groups excluding carboxylic acids is 1. The smallest absolute Gasteiger partial charge is 0.431 e. The van der Waals surface area contributed by atoms with Gasteiger partial charge in [0.25, 0.3) is 0 Å². The van der Waals surface area contributed by atoms with Gasteiger partial charge in [0.2, 0.25) is 6.10 Å². The van der Waals surface area contributed by atoms with Crippen molar-refractivity contribution in [3.05, 3.63) is 18.2 Å². The Bertz CT molecular complexity index is 307. The minimum absolute atomic E-state index is 0.298. The Hall–Kier alpha value is -1.53. The van der Waals surface area contributed by atoms with Crippen molar-refractivity contribution in [3.8, 4) is 0 Å². The Morgan fingerprint density at radius 3 is 2.64 bits per heavy atom. The molecule has 1 heterocycles. The van der Waals surface area contributed by atoms with Gasteiger partial charge < -0.3 is 9.72 Å². The van der Waals surface area contributed by atoms with Crippen LogP contribution in [0.1, 0.15) is 18.7 Å². The molecule has 1 unspecified atom stereocenters. The molecule has 1 N–H and O–H groups in total. The quantitative estimate of drug-likeness (QED) is 0.750. The van der Waals surface area contributed by atoms with E-state index >= 15 is 0 Å². The molecule has 0 aliphatic rings. The van der Waals surface area contributed by atoms with Gasteiger partial charge in [0.05, 0.1) is 18.2 Å². The number of alkyl halides is 3. The van der Waals surface area contributed by atoms with E-state index in [4.69, 9.17) is 0 Å². The van der Waals surface area contributed by atoms with Gasteiger partial charge in [0.15, 0.2) is 0 Å². The monoisotopic (exact) mass is 208 g/mol. The maximum absolute atomic E-state index is 12.3. The summed E-state index contributed by atoms with van der Waals surface area (Å²) >= 11 is 0. The van der Waals surface area contributed by atoms with Crippen LogP contribution < -0.4 is 0 Å². The maximum Gasteiger partial charge on any atom is 0.431 e. The van der Waals surface area contributed by atoms with Crippen LogP contribution in [0.3, 0.4) is 0 Å². The third-order valence-corrected chi connectivity index (χ3v) is 1.38. The molecule has 0 bridgehead atoms. The number of aromatic amines is 1. The average Bonchev–Trinajstić information content (AvgIpc) is 2.49. The highest BCUT2D eigenvalue weighted by Gasteiger charge is 2.44. The average molecular weight is 208 g/mol. The Labute approximate surface area is 77.1 Å². The molecular weight excluding hydrogens is 201 g/mol. The minimum atomic E-state index is -4.64. The van der Waals surface area contributed by atoms with E-state index < -0.39 is 18.2 Å². The molecule has 78 valence electrons. The number of nitrogens with one attached hydrogen (secondary N) is 1. The van der Waals surface area contributed by atoms with E-state index in [0.717, 1.165) is 19.4 Å². The predicted molar refractivity (Wildman–Crippen MR) is 39.1 cm³/mol. The molecule has 1 rings (SSSR count). The molecule has 0 saturated heterocycles. The van der Waals surface area contributed by atoms with Crippen LogP contribution in [0.4, 0.5) is 13.2 Å². The van der Waals surface area contributed by atoms with Gasteiger partial charge in [-0.25, -0.2) is 4.98 Å². The second kappa shape index (κ2) is 3.69. The normalized spacial score (nSPS) is 13.7. The Morgan fingerprint density at radius 2 is 2.29 bits per heavy atom. The van der Waals surface area contributed by atoms with Crippen molar-refractivity contribution in [2.45, 2.75) is 19.2 Å². The zero-order valence-corrected chi connectivity index (χ0v) is 7.13. The molecule has 0 aliphatic carbocycles. The number of carbonyl (C=O) groups is 1. The molecule has 0 saturated carbocycles. The van der Waals surface area contributed by atoms with E-state index in [1.807, 2.05) is 0 Å². The van der Waals surface area contributed by atoms with E-state index in [1.54, 1.807) is 0 Å². The number of hydrogen-bond donors (Lipinski definition) is 1. The largest absolute Gasteiger partial charge is 0.446 e. The molecule has 4 nitrogen and oxygen atoms in total. The summed E-state index contributed by atoms with van der Waals surface area (Å²) in [6.45, 7) is 0.912. The van der Waals surface area contributed by atoms with Crippen LogP contribution in [0, 0.1) is 0 Å². The van der Waals surface area contributed by atoms with Crippen molar-refractivity contribution in [1.29, 1.82) is 0 Å². The standard InChI is InChI=1S/C7H7F3N2O2/c1-4(13)14-6(7(8,9)10)5-2-11-3-12-5/h2-3,6H,1H3,(H,11,12). The second-order valence-corrected chi connectivity index (χ2v) is 2.54. The van der Waals surface area contributed by atoms with Crippen LogP contribution in [-0.4, -0.2) is 22.1 Å². The summed E-state index contributed by atoms with van der Waals surface area (Å²) in [6.07, 6.45) is -4.88. The fraction of sp³-hybridized carbons (Fsp3) is 0.429. The third-order valence-electron chi connectivity index (χ3n) is 1.38. The van der Waals surface area contributed by atoms with Gasteiger partial charge in [-0.1, -0.05) is 0 Å². The number of hydrogen-bond acceptors (Lipinski definition) is 3. The number of imidazole rings is 1. The van der Waals surface area contributed by atoms with Crippen LogP contribution in [0.5, 0.6) is 0 Å². The number of rotatable bonds is 2. The van der Waals surface area contributed by atoms with E-state index in [-0.39, 0.29) is 5.69 Å². The summed E-state index contributed by atoms with van der Waals surface area (Å²) < 4.78 is 41.1. The van der Waals surface area contributed by atoms with E-state index in [0.29, 0.717) is 0 Å². The van der Waals surface area contributed by atoms with Crippen molar-refractivity contribution in [1.82, 2.24) is 9.97 Å². The Kier molecular flexibility index (Phi) is 2.78. The lowest BCUT2D eigenvalue weighted by atomic mass is 10.2. The number of H-pyrrole nitrogens is 1. The topological polar surface area (TPSA) is 55.0 Å². The molecule has 14 heavy (non-hydrogen) atoms. The van der Waals surface area contributed by atoms with Crippen LogP contribution in [-0.2, 0) is 9.53 Å². The van der Waals surface area contributed by atoms with Crippen LogP contribution >= 0.6 is 0 Å². The number of esters is 1. The van der Waals surface area contributed by atoms with Gasteiger partial charge >= 0.3 is 12.1 Å². The van der Waals surface area contributed by atoms with Crippen LogP contribution in [0.15, 0.2) is 12.5 Å². The summed E-state index contributed by atoms with van der Waals surface area (Å²) in [5, 5.41) is 0. The molecule has 1 aromatic rings. The molecule has 1 atom stereocenters. The molecule has 0 spiro atoms. The van der Waals surface area contributed by atoms with Gasteiger partial charge in [-0.05, 0) is 0 Å². The molecule has 0 aromatic carbocycles. The fourth-order valence-electron chi connectivity index (χ4n) is 0.883. The fourth-order valence-corrected chi connectivity index (χ4v) is 0.883. The molecule has 0 fully saturated rings. The van der Waals surface area contributed by atoms with E-state index in [1.165, 1.54) is 0 Å². The zero-order chi connectivity index (χ0) is 10.8. The number of nitrogens with zero attached hydrogens (tertiary/aromatic N) is 1. The number of ether oxygens (including phenoxy) is 1. The first-order valence-corrected chi connectivity index (χ1v) is 3.63. The number of aromatic nitrogens is 2. The number of halogens is 3. The van der Waals surface area contributed by atoms with Crippen LogP contribution in [0.2, 0.25) is 0 Å². The lowest BCUT2D eigenvalue weighted by Gasteiger charge is -2.18. The molecule has 1 aromatic heterocycles. The van der Waals surface area contributed by atoms with Crippen LogP contribution in [0.25, 0.3) is 0 Å². The van der Waals surface area contributed by atoms with Gasteiger partial charge in [0.1, 0.15) is 0 Å². The minimum Gasteiger partial charge on any atom is -0.446 e. The van der Waals surface area contributed by atoms with Gasteiger partial charge in [-0.3, -0.25) is 4.79 Å². The van der Waals surface area contributed by atoms with Crippen molar-refractivity contribution in [2.75, 3.05) is 0 Å². The summed E-state index contributed by atoms with van der Waals surface area (Å²) in [5.74, 6) is -0.998. The first kappa shape index (κ1) is 10.6. The van der Waals surface area contributed by atoms with Gasteiger partial charge in [-0.15, -0.1) is 0 Å². The highest BCUT2D eigenvalue weighted by atomic mass is 19.4. The summed E-state index contributed by atoms with van der Waals surface area (Å²) in [5.41, 5.74) is -0.298. The molecule has 7 heteroatoms. The molecular formula is C7H7F3N2O2. The van der Waals surface area contributed by atoms with Crippen molar-refractivity contribution < 1.29 is 22.7 Å². The first-order chi connectivity index (χ1) is 6.41.